The van der Waals surface area contributed by atoms with E-state index in [1.165, 1.54) is 4.88 Å². The van der Waals surface area contributed by atoms with E-state index in [9.17, 15) is 4.79 Å². The van der Waals surface area contributed by atoms with Crippen molar-refractivity contribution >= 4 is 54.8 Å². The van der Waals surface area contributed by atoms with Crippen LogP contribution in [0, 0.1) is 13.8 Å². The average Bonchev–Trinajstić information content (AvgIpc) is 3.21. The minimum atomic E-state index is -0.405. The van der Waals surface area contributed by atoms with Gasteiger partial charge in [0.2, 0.25) is 5.91 Å². The first-order chi connectivity index (χ1) is 13.4. The molecule has 4 rings (SSSR count). The van der Waals surface area contributed by atoms with Crippen molar-refractivity contribution in [1.29, 1.82) is 0 Å². The molecule has 0 saturated heterocycles. The third kappa shape index (κ3) is 3.45. The molecule has 1 amide bonds. The minimum absolute atomic E-state index is 0.00405. The van der Waals surface area contributed by atoms with Gasteiger partial charge >= 0.3 is 0 Å². The highest BCUT2D eigenvalue weighted by Crippen LogP contribution is 2.32. The second-order valence-corrected chi connectivity index (χ2v) is 9.14. The van der Waals surface area contributed by atoms with E-state index in [1.54, 1.807) is 33.9 Å². The van der Waals surface area contributed by atoms with Crippen molar-refractivity contribution < 1.29 is 4.79 Å². The van der Waals surface area contributed by atoms with Gasteiger partial charge in [-0.1, -0.05) is 12.1 Å². The second-order valence-electron chi connectivity index (χ2n) is 6.82. The Bertz CT molecular complexity index is 1130. The number of benzene rings is 1. The van der Waals surface area contributed by atoms with Crippen LogP contribution in [0.5, 0.6) is 0 Å². The molecule has 3 heterocycles. The maximum atomic E-state index is 12.9. The molecule has 0 aliphatic rings. The summed E-state index contributed by atoms with van der Waals surface area (Å²) in [6.07, 6.45) is 1.54. The van der Waals surface area contributed by atoms with Crippen LogP contribution in [0.4, 0.5) is 5.82 Å². The molecule has 0 aliphatic heterocycles. The molecule has 1 N–H and O–H groups in total. The van der Waals surface area contributed by atoms with Gasteiger partial charge in [-0.15, -0.1) is 22.7 Å². The maximum absolute atomic E-state index is 12.9. The number of para-hydroxylation sites is 1. The lowest BCUT2D eigenvalue weighted by Gasteiger charge is -2.22. The Morgan fingerprint density at radius 1 is 1.21 bits per heavy atom. The molecule has 3 aromatic heterocycles. The number of nitrogens with one attached hydrogen (secondary N) is 1. The maximum Gasteiger partial charge on any atom is 0.244 e. The summed E-state index contributed by atoms with van der Waals surface area (Å²) >= 11 is 3.27. The summed E-state index contributed by atoms with van der Waals surface area (Å²) in [5.74, 6) is 0.705. The molecule has 28 heavy (non-hydrogen) atoms. The van der Waals surface area contributed by atoms with Gasteiger partial charge in [-0.2, -0.15) is 0 Å². The molecule has 144 valence electrons. The summed E-state index contributed by atoms with van der Waals surface area (Å²) in [6, 6.07) is 7.61. The summed E-state index contributed by atoms with van der Waals surface area (Å²) in [5.41, 5.74) is 2.13. The van der Waals surface area contributed by atoms with Gasteiger partial charge < -0.3 is 10.2 Å². The van der Waals surface area contributed by atoms with Gasteiger partial charge in [0, 0.05) is 11.9 Å². The van der Waals surface area contributed by atoms with Gasteiger partial charge in [-0.3, -0.25) is 4.79 Å². The van der Waals surface area contributed by atoms with Crippen LogP contribution < -0.4 is 5.32 Å². The third-order valence-corrected chi connectivity index (χ3v) is 6.91. The summed E-state index contributed by atoms with van der Waals surface area (Å²) in [4.78, 5) is 30.1. The van der Waals surface area contributed by atoms with Gasteiger partial charge in [0.15, 0.2) is 0 Å². The molecule has 8 heteroatoms. The van der Waals surface area contributed by atoms with E-state index in [4.69, 9.17) is 0 Å². The van der Waals surface area contributed by atoms with Crippen molar-refractivity contribution in [3.05, 3.63) is 46.0 Å². The summed E-state index contributed by atoms with van der Waals surface area (Å²) in [7, 11) is 1.81. The zero-order valence-corrected chi connectivity index (χ0v) is 17.8. The molecule has 0 fully saturated rings. The number of aryl methyl sites for hydroxylation is 2. The Hall–Kier alpha value is -2.58. The predicted molar refractivity (Wildman–Crippen MR) is 116 cm³/mol. The Morgan fingerprint density at radius 2 is 2.00 bits per heavy atom. The quantitative estimate of drug-likeness (QED) is 0.528. The van der Waals surface area contributed by atoms with Gasteiger partial charge in [-0.25, -0.2) is 15.0 Å². The smallest absolute Gasteiger partial charge is 0.244 e. The minimum Gasteiger partial charge on any atom is -0.358 e. The number of anilines is 1. The number of rotatable bonds is 5. The first kappa shape index (κ1) is 18.8. The Labute approximate surface area is 171 Å². The van der Waals surface area contributed by atoms with Crippen molar-refractivity contribution in [2.75, 3.05) is 12.4 Å². The fraction of sp³-hybridized carbons (Fsp3) is 0.300. The number of thiophene rings is 1. The van der Waals surface area contributed by atoms with Crippen molar-refractivity contribution in [3.8, 4) is 0 Å². The standard InChI is InChI=1S/C20H21N5OS2/c1-11-13(3)27-19-17(11)18(21-10-22-19)23-12(2)20(26)25(4)9-16-24-14-7-5-6-8-15(14)28-16/h5-8,10,12H,9H2,1-4H3,(H,21,22,23)/t12-/m0/s1. The van der Waals surface area contributed by atoms with Crippen molar-refractivity contribution in [2.24, 2.45) is 0 Å². The zero-order chi connectivity index (χ0) is 19.8. The van der Waals surface area contributed by atoms with Crippen LogP contribution in [0.15, 0.2) is 30.6 Å². The molecule has 0 spiro atoms. The van der Waals surface area contributed by atoms with E-state index < -0.39 is 6.04 Å². The molecular formula is C20H21N5OS2. The van der Waals surface area contributed by atoms with Crippen LogP contribution in [0.25, 0.3) is 20.4 Å². The Balaban J connectivity index is 1.50. The second kappa shape index (κ2) is 7.44. The summed E-state index contributed by atoms with van der Waals surface area (Å²) in [5, 5.41) is 5.21. The fourth-order valence-corrected chi connectivity index (χ4v) is 5.18. The lowest BCUT2D eigenvalue weighted by Crippen LogP contribution is -2.38. The number of carbonyl (C=O) groups is 1. The van der Waals surface area contributed by atoms with E-state index in [0.29, 0.717) is 12.4 Å². The number of likely N-dealkylation sites (N-methyl/N-ethyl adjacent to an activating group) is 1. The van der Waals surface area contributed by atoms with Crippen molar-refractivity contribution in [1.82, 2.24) is 19.9 Å². The Kier molecular flexibility index (Phi) is 4.99. The molecule has 1 atom stereocenters. The molecule has 4 aromatic rings. The van der Waals surface area contributed by atoms with Crippen LogP contribution in [0.1, 0.15) is 22.4 Å². The van der Waals surface area contributed by atoms with E-state index in [0.717, 1.165) is 31.0 Å². The number of carbonyl (C=O) groups excluding carboxylic acids is 1. The van der Waals surface area contributed by atoms with Gasteiger partial charge in [0.25, 0.3) is 0 Å². The number of thiazole rings is 1. The largest absolute Gasteiger partial charge is 0.358 e. The number of hydrogen-bond donors (Lipinski definition) is 1. The monoisotopic (exact) mass is 411 g/mol. The molecule has 0 saturated carbocycles. The zero-order valence-electron chi connectivity index (χ0n) is 16.2. The number of fused-ring (bicyclic) bond motifs is 2. The van der Waals surface area contributed by atoms with Crippen LogP contribution in [0.2, 0.25) is 0 Å². The van der Waals surface area contributed by atoms with Gasteiger partial charge in [0.05, 0.1) is 22.1 Å². The normalized spacial score (nSPS) is 12.4. The number of amides is 1. The number of hydrogen-bond acceptors (Lipinski definition) is 7. The summed E-state index contributed by atoms with van der Waals surface area (Å²) in [6.45, 7) is 6.49. The molecule has 0 bridgehead atoms. The van der Waals surface area contributed by atoms with E-state index >= 15 is 0 Å². The van der Waals surface area contributed by atoms with Crippen molar-refractivity contribution in [3.63, 3.8) is 0 Å². The predicted octanol–water partition coefficient (Wildman–Crippen LogP) is 4.38. The highest BCUT2D eigenvalue weighted by molar-refractivity contribution is 7.19. The fourth-order valence-electron chi connectivity index (χ4n) is 3.16. The Morgan fingerprint density at radius 3 is 2.79 bits per heavy atom. The molecular weight excluding hydrogens is 390 g/mol. The first-order valence-electron chi connectivity index (χ1n) is 9.00. The SMILES string of the molecule is Cc1sc2ncnc(N[C@@H](C)C(=O)N(C)Cc3nc4ccccc4s3)c2c1C. The van der Waals surface area contributed by atoms with E-state index in [2.05, 4.69) is 34.1 Å². The number of nitrogens with zero attached hydrogens (tertiary/aromatic N) is 4. The van der Waals surface area contributed by atoms with Gasteiger partial charge in [0.1, 0.15) is 28.0 Å². The highest BCUT2D eigenvalue weighted by Gasteiger charge is 2.21. The molecule has 1 aromatic carbocycles. The summed E-state index contributed by atoms with van der Waals surface area (Å²) < 4.78 is 1.14. The topological polar surface area (TPSA) is 71.0 Å². The average molecular weight is 412 g/mol. The molecule has 0 aliphatic carbocycles. The van der Waals surface area contributed by atoms with Crippen molar-refractivity contribution in [2.45, 2.75) is 33.4 Å². The van der Waals surface area contributed by atoms with Crippen LogP contribution >= 0.6 is 22.7 Å². The van der Waals surface area contributed by atoms with E-state index in [1.807, 2.05) is 38.2 Å². The molecule has 6 nitrogen and oxygen atoms in total. The molecule has 0 unspecified atom stereocenters. The third-order valence-electron chi connectivity index (χ3n) is 4.78. The first-order valence-corrected chi connectivity index (χ1v) is 10.6. The number of aromatic nitrogens is 3. The lowest BCUT2D eigenvalue weighted by molar-refractivity contribution is -0.130. The lowest BCUT2D eigenvalue weighted by atomic mass is 10.2. The molecule has 0 radical (unpaired) electrons. The van der Waals surface area contributed by atoms with E-state index in [-0.39, 0.29) is 5.91 Å². The highest BCUT2D eigenvalue weighted by atomic mass is 32.1. The van der Waals surface area contributed by atoms with Gasteiger partial charge in [-0.05, 0) is 38.5 Å². The van der Waals surface area contributed by atoms with Crippen LogP contribution in [-0.4, -0.2) is 38.8 Å². The van der Waals surface area contributed by atoms with Crippen LogP contribution in [-0.2, 0) is 11.3 Å². The van der Waals surface area contributed by atoms with Crippen LogP contribution in [0.3, 0.4) is 0 Å².